The van der Waals surface area contributed by atoms with Crippen LogP contribution in [0.25, 0.3) is 0 Å². The number of likely N-dealkylation sites (tertiary alicyclic amines) is 1. The van der Waals surface area contributed by atoms with Crippen LogP contribution in [-0.2, 0) is 28.7 Å². The van der Waals surface area contributed by atoms with Gasteiger partial charge in [0.15, 0.2) is 0 Å². The molecular formula is C29H50N4O7. The van der Waals surface area contributed by atoms with Crippen molar-refractivity contribution in [2.24, 2.45) is 22.7 Å². The largest absolute Gasteiger partial charge is 0.444 e. The molecule has 2 fully saturated rings. The standard InChI is InChI=1S/C29H50N4O7/c1-11-12-13-18(21(34)24(36)30-14-15-39-10)31-23(35)20-19-17(29(19,8)9)16-33(20)25(37)22(27(2,3)4)32-26(38)40-28(5,6)7/h17-20,22H,11-16H2,1-10H3,(H,30,36)(H,31,35)(H,32,38)/t17?,18?,19?,20-,22?/m0/s1. The first-order valence-corrected chi connectivity index (χ1v) is 14.3. The van der Waals surface area contributed by atoms with Crippen LogP contribution < -0.4 is 16.0 Å². The predicted octanol–water partition coefficient (Wildman–Crippen LogP) is 2.42. The summed E-state index contributed by atoms with van der Waals surface area (Å²) in [4.78, 5) is 67.4. The summed E-state index contributed by atoms with van der Waals surface area (Å²) < 4.78 is 10.3. The zero-order valence-corrected chi connectivity index (χ0v) is 25.9. The zero-order valence-electron chi connectivity index (χ0n) is 25.9. The van der Waals surface area contributed by atoms with Gasteiger partial charge in [0.25, 0.3) is 5.91 Å². The van der Waals surface area contributed by atoms with E-state index < -0.39 is 52.8 Å². The number of unbranched alkanes of at least 4 members (excludes halogenated alkanes) is 1. The van der Waals surface area contributed by atoms with Crippen molar-refractivity contribution in [3.8, 4) is 0 Å². The SMILES string of the molecule is CCCCC(NC(=O)[C@@H]1C2C(CN1C(=O)C(NC(=O)OC(C)(C)C)C(C)(C)C)C2(C)C)C(=O)C(=O)NCCOC. The normalized spacial score (nSPS) is 22.9. The number of hydrogen-bond donors (Lipinski definition) is 3. The quantitative estimate of drug-likeness (QED) is 0.243. The van der Waals surface area contributed by atoms with Crippen molar-refractivity contribution in [3.05, 3.63) is 0 Å². The summed E-state index contributed by atoms with van der Waals surface area (Å²) in [5.41, 5.74) is -1.57. The maximum absolute atomic E-state index is 14.0. The first-order valence-electron chi connectivity index (χ1n) is 14.3. The van der Waals surface area contributed by atoms with E-state index in [4.69, 9.17) is 9.47 Å². The van der Waals surface area contributed by atoms with Gasteiger partial charge >= 0.3 is 6.09 Å². The number of carbonyl (C=O) groups is 5. The van der Waals surface area contributed by atoms with Crippen LogP contribution in [0.3, 0.4) is 0 Å². The summed E-state index contributed by atoms with van der Waals surface area (Å²) >= 11 is 0. The molecule has 1 saturated carbocycles. The molecular weight excluding hydrogens is 516 g/mol. The third kappa shape index (κ3) is 8.17. The third-order valence-corrected chi connectivity index (χ3v) is 7.83. The number of nitrogens with zero attached hydrogens (tertiary/aromatic N) is 1. The second-order valence-corrected chi connectivity index (χ2v) is 13.7. The van der Waals surface area contributed by atoms with Crippen molar-refractivity contribution in [2.45, 2.75) is 105 Å². The van der Waals surface area contributed by atoms with Crippen molar-refractivity contribution < 1.29 is 33.4 Å². The van der Waals surface area contributed by atoms with Gasteiger partial charge in [0.1, 0.15) is 17.7 Å². The zero-order chi connectivity index (χ0) is 30.6. The first kappa shape index (κ1) is 33.5. The van der Waals surface area contributed by atoms with E-state index >= 15 is 0 Å². The number of ketones is 1. The fourth-order valence-corrected chi connectivity index (χ4v) is 5.50. The minimum Gasteiger partial charge on any atom is -0.444 e. The van der Waals surface area contributed by atoms with Gasteiger partial charge in [-0.2, -0.15) is 0 Å². The minimum absolute atomic E-state index is 0.101. The number of piperidine rings is 1. The van der Waals surface area contributed by atoms with Gasteiger partial charge in [0.2, 0.25) is 17.6 Å². The van der Waals surface area contributed by atoms with Gasteiger partial charge in [-0.1, -0.05) is 54.4 Å². The lowest BCUT2D eigenvalue weighted by Gasteiger charge is -2.38. The van der Waals surface area contributed by atoms with Crippen molar-refractivity contribution in [2.75, 3.05) is 26.8 Å². The lowest BCUT2D eigenvalue weighted by atomic mass is 9.85. The van der Waals surface area contributed by atoms with Crippen LogP contribution in [0.5, 0.6) is 0 Å². The molecule has 4 amide bonds. The van der Waals surface area contributed by atoms with E-state index in [0.717, 1.165) is 6.42 Å². The Bertz CT molecular complexity index is 966. The molecule has 1 saturated heterocycles. The van der Waals surface area contributed by atoms with Crippen LogP contribution in [0.1, 0.15) is 81.6 Å². The number of hydrogen-bond acceptors (Lipinski definition) is 7. The number of alkyl carbamates (subject to hydrolysis) is 1. The van der Waals surface area contributed by atoms with Gasteiger partial charge in [-0.25, -0.2) is 4.79 Å². The van der Waals surface area contributed by atoms with E-state index in [1.54, 1.807) is 20.8 Å². The summed E-state index contributed by atoms with van der Waals surface area (Å²) in [6.45, 7) is 17.6. The lowest BCUT2D eigenvalue weighted by Crippen LogP contribution is -2.60. The van der Waals surface area contributed by atoms with E-state index in [0.29, 0.717) is 19.4 Å². The van der Waals surface area contributed by atoms with Crippen LogP contribution in [0.4, 0.5) is 4.79 Å². The number of methoxy groups -OCH3 is 1. The lowest BCUT2D eigenvalue weighted by molar-refractivity contribution is -0.145. The molecule has 0 aromatic heterocycles. The highest BCUT2D eigenvalue weighted by Gasteiger charge is 2.70. The van der Waals surface area contributed by atoms with E-state index in [1.807, 2.05) is 27.7 Å². The summed E-state index contributed by atoms with van der Waals surface area (Å²) in [6, 6.07) is -2.78. The molecule has 4 unspecified atom stereocenters. The Morgan fingerprint density at radius 2 is 1.65 bits per heavy atom. The van der Waals surface area contributed by atoms with Crippen molar-refractivity contribution in [1.29, 1.82) is 0 Å². The van der Waals surface area contributed by atoms with E-state index in [9.17, 15) is 24.0 Å². The molecule has 0 bridgehead atoms. The minimum atomic E-state index is -1.01. The summed E-state index contributed by atoms with van der Waals surface area (Å²) in [6.07, 6.45) is 1.01. The molecule has 2 aliphatic rings. The van der Waals surface area contributed by atoms with Gasteiger partial charge in [-0.3, -0.25) is 19.2 Å². The average Bonchev–Trinajstić information content (AvgIpc) is 3.15. The number of nitrogens with one attached hydrogen (secondary N) is 3. The highest BCUT2D eigenvalue weighted by atomic mass is 16.6. The smallest absolute Gasteiger partial charge is 0.408 e. The number of carbonyl (C=O) groups excluding carboxylic acids is 5. The molecule has 0 aromatic carbocycles. The maximum atomic E-state index is 14.0. The monoisotopic (exact) mass is 566 g/mol. The second kappa shape index (κ2) is 12.9. The molecule has 1 heterocycles. The van der Waals surface area contributed by atoms with Gasteiger partial charge in [0, 0.05) is 20.2 Å². The molecule has 0 aromatic rings. The molecule has 11 heteroatoms. The topological polar surface area (TPSA) is 143 Å². The second-order valence-electron chi connectivity index (χ2n) is 13.7. The first-order chi connectivity index (χ1) is 18.4. The Labute approximate surface area is 238 Å². The van der Waals surface area contributed by atoms with Crippen LogP contribution in [0, 0.1) is 22.7 Å². The maximum Gasteiger partial charge on any atom is 0.408 e. The van der Waals surface area contributed by atoms with Crippen LogP contribution in [0.2, 0.25) is 0 Å². The molecule has 1 aliphatic heterocycles. The predicted molar refractivity (Wildman–Crippen MR) is 150 cm³/mol. The van der Waals surface area contributed by atoms with Crippen LogP contribution in [-0.4, -0.2) is 85.0 Å². The molecule has 2 rings (SSSR count). The van der Waals surface area contributed by atoms with Gasteiger partial charge in [0.05, 0.1) is 12.6 Å². The molecule has 5 atom stereocenters. The van der Waals surface area contributed by atoms with Gasteiger partial charge in [-0.15, -0.1) is 0 Å². The molecule has 0 spiro atoms. The summed E-state index contributed by atoms with van der Waals surface area (Å²) in [5.74, 6) is -2.34. The molecule has 11 nitrogen and oxygen atoms in total. The Morgan fingerprint density at radius 1 is 1.02 bits per heavy atom. The summed E-state index contributed by atoms with van der Waals surface area (Å²) in [7, 11) is 1.49. The van der Waals surface area contributed by atoms with Crippen LogP contribution >= 0.6 is 0 Å². The number of Topliss-reactive ketones (excluding diaryl/α,β-unsaturated/α-hetero) is 1. The molecule has 0 radical (unpaired) electrons. The highest BCUT2D eigenvalue weighted by molar-refractivity contribution is 6.38. The van der Waals surface area contributed by atoms with E-state index in [1.165, 1.54) is 12.0 Å². The third-order valence-electron chi connectivity index (χ3n) is 7.83. The van der Waals surface area contributed by atoms with Gasteiger partial charge < -0.3 is 30.3 Å². The van der Waals surface area contributed by atoms with E-state index in [-0.39, 0.29) is 36.3 Å². The fourth-order valence-electron chi connectivity index (χ4n) is 5.50. The number of fused-ring (bicyclic) bond motifs is 1. The molecule has 228 valence electrons. The number of ether oxygens (including phenoxy) is 2. The van der Waals surface area contributed by atoms with E-state index in [2.05, 4.69) is 29.8 Å². The van der Waals surface area contributed by atoms with Crippen LogP contribution in [0.15, 0.2) is 0 Å². The average molecular weight is 567 g/mol. The number of amides is 4. The fraction of sp³-hybridized carbons (Fsp3) is 0.828. The Balaban J connectivity index is 2.29. The number of rotatable bonds is 12. The summed E-state index contributed by atoms with van der Waals surface area (Å²) in [5, 5.41) is 8.06. The Kier molecular flexibility index (Phi) is 10.8. The van der Waals surface area contributed by atoms with Crippen molar-refractivity contribution in [1.82, 2.24) is 20.9 Å². The Hall–Kier alpha value is -2.69. The molecule has 40 heavy (non-hydrogen) atoms. The highest BCUT2D eigenvalue weighted by Crippen LogP contribution is 2.65. The van der Waals surface area contributed by atoms with Crippen molar-refractivity contribution in [3.63, 3.8) is 0 Å². The van der Waals surface area contributed by atoms with Gasteiger partial charge in [-0.05, 0) is 49.9 Å². The van der Waals surface area contributed by atoms with Crippen molar-refractivity contribution >= 4 is 29.6 Å². The Morgan fingerprint density at radius 3 is 2.17 bits per heavy atom. The molecule has 1 aliphatic carbocycles. The molecule has 3 N–H and O–H groups in total.